The summed E-state index contributed by atoms with van der Waals surface area (Å²) in [7, 11) is 1.56. The molecule has 2 aromatic carbocycles. The number of piperazine rings is 1. The zero-order chi connectivity index (χ0) is 25.3. The van der Waals surface area contributed by atoms with Gasteiger partial charge in [-0.25, -0.2) is 18.0 Å². The Kier molecular flexibility index (Phi) is 7.02. The van der Waals surface area contributed by atoms with Gasteiger partial charge in [0.05, 0.1) is 35.6 Å². The predicted molar refractivity (Wildman–Crippen MR) is 128 cm³/mol. The van der Waals surface area contributed by atoms with Crippen LogP contribution in [0.4, 0.5) is 29.3 Å². The summed E-state index contributed by atoms with van der Waals surface area (Å²) in [5.41, 5.74) is 1.23. The van der Waals surface area contributed by atoms with Gasteiger partial charge in [-0.05, 0) is 26.0 Å². The number of hydrogen-bond donors (Lipinski definition) is 2. The number of fused-ring (bicyclic) bond motifs is 1. The van der Waals surface area contributed by atoms with E-state index < -0.39 is 29.9 Å². The molecule has 1 atom stereocenters. The van der Waals surface area contributed by atoms with E-state index in [4.69, 9.17) is 4.74 Å². The van der Waals surface area contributed by atoms with Crippen molar-refractivity contribution >= 4 is 28.4 Å². The number of nitrogens with one attached hydrogen (secondary N) is 1. The molecule has 2 heterocycles. The van der Waals surface area contributed by atoms with E-state index in [9.17, 15) is 23.1 Å². The molecule has 7 nitrogen and oxygen atoms in total. The third kappa shape index (κ3) is 4.70. The van der Waals surface area contributed by atoms with Crippen molar-refractivity contribution in [3.05, 3.63) is 59.0 Å². The number of carboxylic acid groups (broad SMARTS) is 1. The molecule has 0 aliphatic carbocycles. The first kappa shape index (κ1) is 24.6. The lowest BCUT2D eigenvalue weighted by atomic mass is 10.0. The number of aromatic nitrogens is 1. The van der Waals surface area contributed by atoms with Crippen LogP contribution in [0.15, 0.2) is 36.4 Å². The number of methoxy groups -OCH3 is 1. The van der Waals surface area contributed by atoms with E-state index in [0.29, 0.717) is 22.3 Å². The van der Waals surface area contributed by atoms with E-state index in [0.717, 1.165) is 42.8 Å². The maximum absolute atomic E-state index is 15.0. The molecular formula is C25H27F3N4O3. The second-order valence-corrected chi connectivity index (χ2v) is 8.44. The van der Waals surface area contributed by atoms with E-state index in [1.807, 2.05) is 6.07 Å². The Balaban J connectivity index is 1.90. The maximum Gasteiger partial charge on any atom is 0.412 e. The number of rotatable bonds is 6. The highest BCUT2D eigenvalue weighted by Gasteiger charge is 2.30. The van der Waals surface area contributed by atoms with Crippen LogP contribution in [-0.4, -0.2) is 49.5 Å². The number of hydrogen-bond acceptors (Lipinski definition) is 5. The molecule has 3 aromatic rings. The van der Waals surface area contributed by atoms with Gasteiger partial charge in [0.2, 0.25) is 0 Å². The molecule has 1 saturated heterocycles. The Morgan fingerprint density at radius 2 is 1.89 bits per heavy atom. The second-order valence-electron chi connectivity index (χ2n) is 8.44. The first-order valence-electron chi connectivity index (χ1n) is 11.3. The van der Waals surface area contributed by atoms with Crippen LogP contribution >= 0.6 is 0 Å². The fourth-order valence-electron chi connectivity index (χ4n) is 4.54. The van der Waals surface area contributed by atoms with E-state index in [1.165, 1.54) is 19.1 Å². The summed E-state index contributed by atoms with van der Waals surface area (Å²) >= 11 is 0. The first-order valence-corrected chi connectivity index (χ1v) is 11.3. The summed E-state index contributed by atoms with van der Waals surface area (Å²) in [6, 6.07) is 7.74. The molecule has 0 spiro atoms. The number of carbonyl (C=O) groups is 1. The van der Waals surface area contributed by atoms with Crippen LogP contribution in [0.3, 0.4) is 0 Å². The Bertz CT molecular complexity index is 1250. The first-order chi connectivity index (χ1) is 16.7. The van der Waals surface area contributed by atoms with Gasteiger partial charge in [0.1, 0.15) is 11.6 Å². The normalized spacial score (nSPS) is 14.9. The fraction of sp³-hybridized carbons (Fsp3) is 0.360. The molecule has 2 N–H and O–H groups in total. The van der Waals surface area contributed by atoms with Crippen LogP contribution < -0.4 is 19.9 Å². The van der Waals surface area contributed by atoms with Gasteiger partial charge in [-0.15, -0.1) is 0 Å². The number of aryl methyl sites for hydroxylation is 1. The molecule has 0 saturated carbocycles. The van der Waals surface area contributed by atoms with Crippen molar-refractivity contribution in [2.24, 2.45) is 0 Å². The number of halogens is 3. The van der Waals surface area contributed by atoms with Gasteiger partial charge < -0.3 is 20.1 Å². The number of pyridine rings is 1. The van der Waals surface area contributed by atoms with E-state index in [1.54, 1.807) is 26.2 Å². The van der Waals surface area contributed by atoms with Gasteiger partial charge in [-0.2, -0.15) is 0 Å². The Labute approximate surface area is 201 Å². The third-order valence-electron chi connectivity index (χ3n) is 6.27. The highest BCUT2D eigenvalue weighted by atomic mass is 19.3. The predicted octanol–water partition coefficient (Wildman–Crippen LogP) is 5.28. The lowest BCUT2D eigenvalue weighted by Gasteiger charge is -2.32. The van der Waals surface area contributed by atoms with Gasteiger partial charge in [0, 0.05) is 48.9 Å². The lowest BCUT2D eigenvalue weighted by molar-refractivity contribution is 0.146. The molecule has 4 rings (SSSR count). The third-order valence-corrected chi connectivity index (χ3v) is 6.27. The Morgan fingerprint density at radius 1 is 1.20 bits per heavy atom. The largest absolute Gasteiger partial charge is 0.495 e. The maximum atomic E-state index is 15.0. The monoisotopic (exact) mass is 488 g/mol. The molecule has 1 aromatic heterocycles. The van der Waals surface area contributed by atoms with Crippen molar-refractivity contribution in [3.63, 3.8) is 0 Å². The van der Waals surface area contributed by atoms with Crippen LogP contribution in [0.2, 0.25) is 0 Å². The molecular weight excluding hydrogens is 461 g/mol. The molecule has 0 bridgehead atoms. The minimum atomic E-state index is -3.02. The van der Waals surface area contributed by atoms with Crippen molar-refractivity contribution < 1.29 is 27.8 Å². The highest BCUT2D eigenvalue weighted by molar-refractivity contribution is 6.02. The van der Waals surface area contributed by atoms with Gasteiger partial charge in [-0.3, -0.25) is 9.88 Å². The zero-order valence-corrected chi connectivity index (χ0v) is 19.7. The van der Waals surface area contributed by atoms with Crippen LogP contribution in [0.5, 0.6) is 5.75 Å². The fourth-order valence-corrected chi connectivity index (χ4v) is 4.54. The summed E-state index contributed by atoms with van der Waals surface area (Å²) in [6.45, 7) is 6.26. The number of benzene rings is 2. The molecule has 0 radical (unpaired) electrons. The standard InChI is InChI=1S/C25H27F3N4O3/c1-14-11-20(32(25(33)34)15(2)16-5-4-6-17(23(16)26)24(27)28)18-12-21(31-9-7-29-8-10-31)22(35-3)13-19(18)30-14/h4-6,11-13,15,24,29H,7-10H2,1-3H3,(H,33,34). The quantitative estimate of drug-likeness (QED) is 0.491. The van der Waals surface area contributed by atoms with Crippen molar-refractivity contribution in [2.45, 2.75) is 26.3 Å². The van der Waals surface area contributed by atoms with Gasteiger partial charge in [0.15, 0.2) is 0 Å². The van der Waals surface area contributed by atoms with Crippen LogP contribution in [0.25, 0.3) is 10.9 Å². The number of anilines is 2. The minimum absolute atomic E-state index is 0.136. The number of alkyl halides is 2. The molecule has 1 aliphatic rings. The smallest absolute Gasteiger partial charge is 0.412 e. The summed E-state index contributed by atoms with van der Waals surface area (Å²) in [5.74, 6) is -0.506. The number of nitrogens with zero attached hydrogens (tertiary/aromatic N) is 3. The van der Waals surface area contributed by atoms with Crippen molar-refractivity contribution in [1.82, 2.24) is 10.3 Å². The summed E-state index contributed by atoms with van der Waals surface area (Å²) < 4.78 is 47.2. The van der Waals surface area contributed by atoms with Crippen molar-refractivity contribution in [2.75, 3.05) is 43.1 Å². The highest BCUT2D eigenvalue weighted by Crippen LogP contribution is 2.40. The van der Waals surface area contributed by atoms with Crippen LogP contribution in [0.1, 0.15) is 36.2 Å². The Morgan fingerprint density at radius 3 is 2.51 bits per heavy atom. The average molecular weight is 489 g/mol. The summed E-state index contributed by atoms with van der Waals surface area (Å²) in [4.78, 5) is 20.2. The molecule has 1 unspecified atom stereocenters. The molecule has 10 heteroatoms. The molecule has 186 valence electrons. The number of amides is 1. The van der Waals surface area contributed by atoms with E-state index in [2.05, 4.69) is 15.2 Å². The average Bonchev–Trinajstić information content (AvgIpc) is 2.83. The number of ether oxygens (including phenoxy) is 1. The summed E-state index contributed by atoms with van der Waals surface area (Å²) in [5, 5.41) is 14.0. The molecule has 1 aliphatic heterocycles. The lowest BCUT2D eigenvalue weighted by Crippen LogP contribution is -2.43. The van der Waals surface area contributed by atoms with Gasteiger partial charge >= 0.3 is 6.09 Å². The molecule has 1 amide bonds. The van der Waals surface area contributed by atoms with E-state index >= 15 is 0 Å². The Hall–Kier alpha value is -3.53. The minimum Gasteiger partial charge on any atom is -0.495 e. The zero-order valence-electron chi connectivity index (χ0n) is 19.7. The van der Waals surface area contributed by atoms with Crippen molar-refractivity contribution in [3.8, 4) is 5.75 Å². The SMILES string of the molecule is COc1cc2nc(C)cc(N(C(=O)O)C(C)c3cccc(C(F)F)c3F)c2cc1N1CCNCC1. The van der Waals surface area contributed by atoms with E-state index in [-0.39, 0.29) is 11.3 Å². The summed E-state index contributed by atoms with van der Waals surface area (Å²) in [6.07, 6.45) is -4.36. The van der Waals surface area contributed by atoms with Crippen molar-refractivity contribution in [1.29, 1.82) is 0 Å². The molecule has 1 fully saturated rings. The van der Waals surface area contributed by atoms with Crippen LogP contribution in [0, 0.1) is 12.7 Å². The topological polar surface area (TPSA) is 77.9 Å². The molecule has 35 heavy (non-hydrogen) atoms. The van der Waals surface area contributed by atoms with Gasteiger partial charge in [-0.1, -0.05) is 18.2 Å². The van der Waals surface area contributed by atoms with Crippen LogP contribution in [-0.2, 0) is 0 Å². The second kappa shape index (κ2) is 9.99. The van der Waals surface area contributed by atoms with Gasteiger partial charge in [0.25, 0.3) is 6.43 Å².